The lowest BCUT2D eigenvalue weighted by atomic mass is 10.3. The van der Waals surface area contributed by atoms with E-state index in [9.17, 15) is 24.0 Å². The molecule has 0 radical (unpaired) electrons. The third-order valence-electron chi connectivity index (χ3n) is 3.83. The van der Waals surface area contributed by atoms with E-state index in [1.54, 1.807) is 0 Å². The van der Waals surface area contributed by atoms with Crippen molar-refractivity contribution >= 4 is 29.8 Å². The quantitative estimate of drug-likeness (QED) is 0.165. The van der Waals surface area contributed by atoms with E-state index >= 15 is 0 Å². The topological polar surface area (TPSA) is 196 Å². The van der Waals surface area contributed by atoms with Gasteiger partial charge in [-0.1, -0.05) is 0 Å². The smallest absolute Gasteiger partial charge is 0.317 e. The Bertz CT molecular complexity index is 541. The molecule has 13 nitrogen and oxygen atoms in total. The first-order valence-electron chi connectivity index (χ1n) is 8.75. The number of aliphatic carboxylic acids is 5. The zero-order chi connectivity index (χ0) is 22.4. The summed E-state index contributed by atoms with van der Waals surface area (Å²) >= 11 is 0. The lowest BCUT2D eigenvalue weighted by molar-refractivity contribution is -0.141. The van der Waals surface area contributed by atoms with Crippen LogP contribution in [0.1, 0.15) is 12.8 Å². The standard InChI is InChI=1S/C16H27N3O10/c20-12(21)1-3-17(9-14(24)25)5-7-19(11-16(28)29)8-6-18(10-15(26)27)4-2-13(22)23/h1-11H2,(H,20,21)(H,22,23)(H,24,25)(H,26,27)(H,28,29). The van der Waals surface area contributed by atoms with Crippen LogP contribution in [0.5, 0.6) is 0 Å². The average molecular weight is 421 g/mol. The van der Waals surface area contributed by atoms with Crippen LogP contribution in [0, 0.1) is 0 Å². The lowest BCUT2D eigenvalue weighted by Gasteiger charge is -2.28. The van der Waals surface area contributed by atoms with Gasteiger partial charge in [-0.15, -0.1) is 0 Å². The second-order valence-electron chi connectivity index (χ2n) is 6.30. The van der Waals surface area contributed by atoms with Crippen molar-refractivity contribution in [1.82, 2.24) is 14.7 Å². The number of carbonyl (C=O) groups is 5. The molecule has 0 saturated heterocycles. The minimum atomic E-state index is -1.15. The van der Waals surface area contributed by atoms with E-state index in [1.807, 2.05) is 0 Å². The third-order valence-corrected chi connectivity index (χ3v) is 3.83. The Labute approximate surface area is 166 Å². The lowest BCUT2D eigenvalue weighted by Crippen LogP contribution is -2.44. The molecule has 0 aliphatic heterocycles. The van der Waals surface area contributed by atoms with Crippen LogP contribution in [0.25, 0.3) is 0 Å². The van der Waals surface area contributed by atoms with Crippen molar-refractivity contribution in [3.05, 3.63) is 0 Å². The molecule has 0 aliphatic carbocycles. The summed E-state index contributed by atoms with van der Waals surface area (Å²) < 4.78 is 0. The molecule has 0 aromatic rings. The SMILES string of the molecule is O=C(O)CCN(CCN(CCN(CCC(=O)O)CC(=O)O)CC(=O)O)CC(=O)O. The zero-order valence-electron chi connectivity index (χ0n) is 15.9. The molecule has 166 valence electrons. The van der Waals surface area contributed by atoms with Gasteiger partial charge in [-0.2, -0.15) is 0 Å². The maximum Gasteiger partial charge on any atom is 0.317 e. The van der Waals surface area contributed by atoms with Gasteiger partial charge in [-0.05, 0) is 0 Å². The predicted octanol–water partition coefficient (Wildman–Crippen LogP) is -1.90. The maximum atomic E-state index is 11.1. The molecule has 0 bridgehead atoms. The van der Waals surface area contributed by atoms with Gasteiger partial charge in [-0.25, -0.2) is 0 Å². The van der Waals surface area contributed by atoms with Gasteiger partial charge < -0.3 is 25.5 Å². The molecule has 0 heterocycles. The van der Waals surface area contributed by atoms with Crippen molar-refractivity contribution in [2.75, 3.05) is 58.9 Å². The summed E-state index contributed by atoms with van der Waals surface area (Å²) in [5, 5.41) is 44.4. The summed E-state index contributed by atoms with van der Waals surface area (Å²) in [6.07, 6.45) is -0.540. The van der Waals surface area contributed by atoms with Gasteiger partial charge in [0, 0.05) is 39.3 Å². The number of hydrogen-bond donors (Lipinski definition) is 5. The van der Waals surface area contributed by atoms with Crippen molar-refractivity contribution in [1.29, 1.82) is 0 Å². The molecule has 0 fully saturated rings. The number of carboxylic acids is 5. The highest BCUT2D eigenvalue weighted by atomic mass is 16.4. The van der Waals surface area contributed by atoms with Gasteiger partial charge in [0.15, 0.2) is 0 Å². The minimum Gasteiger partial charge on any atom is -0.481 e. The highest BCUT2D eigenvalue weighted by Crippen LogP contribution is 1.99. The van der Waals surface area contributed by atoms with E-state index in [1.165, 1.54) is 14.7 Å². The second kappa shape index (κ2) is 14.3. The fourth-order valence-electron chi connectivity index (χ4n) is 2.46. The van der Waals surface area contributed by atoms with Crippen molar-refractivity contribution in [3.8, 4) is 0 Å². The molecule has 0 aromatic heterocycles. The van der Waals surface area contributed by atoms with Crippen molar-refractivity contribution < 1.29 is 49.5 Å². The van der Waals surface area contributed by atoms with Gasteiger partial charge in [0.2, 0.25) is 0 Å². The number of hydrogen-bond acceptors (Lipinski definition) is 8. The van der Waals surface area contributed by atoms with Crippen molar-refractivity contribution in [3.63, 3.8) is 0 Å². The Morgan fingerprint density at radius 3 is 0.862 bits per heavy atom. The second-order valence-corrected chi connectivity index (χ2v) is 6.30. The van der Waals surface area contributed by atoms with Crippen LogP contribution in [-0.4, -0.2) is 129 Å². The van der Waals surface area contributed by atoms with Gasteiger partial charge >= 0.3 is 29.8 Å². The largest absolute Gasteiger partial charge is 0.481 e. The van der Waals surface area contributed by atoms with Gasteiger partial charge in [-0.3, -0.25) is 38.7 Å². The Morgan fingerprint density at radius 1 is 0.414 bits per heavy atom. The van der Waals surface area contributed by atoms with E-state index in [4.69, 9.17) is 25.5 Å². The Balaban J connectivity index is 4.86. The van der Waals surface area contributed by atoms with E-state index < -0.39 is 42.9 Å². The van der Waals surface area contributed by atoms with Crippen LogP contribution in [0.15, 0.2) is 0 Å². The fourth-order valence-corrected chi connectivity index (χ4v) is 2.46. The molecule has 0 spiro atoms. The van der Waals surface area contributed by atoms with Crippen LogP contribution >= 0.6 is 0 Å². The van der Waals surface area contributed by atoms with E-state index in [2.05, 4.69) is 0 Å². The van der Waals surface area contributed by atoms with Gasteiger partial charge in [0.1, 0.15) is 0 Å². The molecule has 0 unspecified atom stereocenters. The van der Waals surface area contributed by atoms with Crippen LogP contribution in [-0.2, 0) is 24.0 Å². The Hall–Kier alpha value is -2.77. The average Bonchev–Trinajstić information content (AvgIpc) is 2.57. The highest BCUT2D eigenvalue weighted by Gasteiger charge is 2.18. The molecule has 0 rings (SSSR count). The first-order valence-corrected chi connectivity index (χ1v) is 8.75. The molecule has 0 amide bonds. The van der Waals surface area contributed by atoms with Crippen LogP contribution in [0.4, 0.5) is 0 Å². The molecular weight excluding hydrogens is 394 g/mol. The van der Waals surface area contributed by atoms with Crippen molar-refractivity contribution in [2.24, 2.45) is 0 Å². The number of nitrogens with zero attached hydrogens (tertiary/aromatic N) is 3. The number of rotatable bonds is 18. The zero-order valence-corrected chi connectivity index (χ0v) is 15.9. The van der Waals surface area contributed by atoms with Crippen molar-refractivity contribution in [2.45, 2.75) is 12.8 Å². The molecule has 0 atom stereocenters. The predicted molar refractivity (Wildman–Crippen MR) is 96.7 cm³/mol. The highest BCUT2D eigenvalue weighted by molar-refractivity contribution is 5.70. The monoisotopic (exact) mass is 421 g/mol. The number of carboxylic acid groups (broad SMARTS) is 5. The molecular formula is C16H27N3O10. The van der Waals surface area contributed by atoms with Crippen LogP contribution < -0.4 is 0 Å². The maximum absolute atomic E-state index is 11.1. The summed E-state index contributed by atoms with van der Waals surface area (Å²) in [7, 11) is 0. The molecule has 0 aliphatic rings. The molecule has 29 heavy (non-hydrogen) atoms. The normalized spacial score (nSPS) is 11.1. The minimum absolute atomic E-state index is 0.0215. The summed E-state index contributed by atoms with van der Waals surface area (Å²) in [6.45, 7) is -0.825. The fraction of sp³-hybridized carbons (Fsp3) is 0.688. The first kappa shape index (κ1) is 26.2. The van der Waals surface area contributed by atoms with E-state index in [0.29, 0.717) is 0 Å². The van der Waals surface area contributed by atoms with E-state index in [0.717, 1.165) is 0 Å². The van der Waals surface area contributed by atoms with E-state index in [-0.39, 0.29) is 58.7 Å². The Kier molecular flexibility index (Phi) is 12.9. The molecule has 5 N–H and O–H groups in total. The van der Waals surface area contributed by atoms with Crippen LogP contribution in [0.2, 0.25) is 0 Å². The summed E-state index contributed by atoms with van der Waals surface area (Å²) in [6, 6.07) is 0. The summed E-state index contributed by atoms with van der Waals surface area (Å²) in [5.74, 6) is -5.63. The van der Waals surface area contributed by atoms with Crippen LogP contribution in [0.3, 0.4) is 0 Å². The van der Waals surface area contributed by atoms with Gasteiger partial charge in [0.25, 0.3) is 0 Å². The summed E-state index contributed by atoms with van der Waals surface area (Å²) in [5.41, 5.74) is 0. The van der Waals surface area contributed by atoms with Gasteiger partial charge in [0.05, 0.1) is 32.5 Å². The molecule has 0 aromatic carbocycles. The first-order chi connectivity index (χ1) is 13.5. The molecule has 13 heteroatoms. The molecule has 0 saturated carbocycles. The third kappa shape index (κ3) is 15.9. The summed E-state index contributed by atoms with van der Waals surface area (Å²) in [4.78, 5) is 58.5. The Morgan fingerprint density at radius 2 is 0.655 bits per heavy atom.